The third-order valence-electron chi connectivity index (χ3n) is 1.70. The van der Waals surface area contributed by atoms with Crippen LogP contribution in [0.1, 0.15) is 32.6 Å². The SMILES string of the molecule is CCCCC1=CC=CC1.[Ti]. The van der Waals surface area contributed by atoms with E-state index in [-0.39, 0.29) is 21.7 Å². The van der Waals surface area contributed by atoms with Crippen LogP contribution in [0.3, 0.4) is 0 Å². The van der Waals surface area contributed by atoms with Crippen molar-refractivity contribution in [3.05, 3.63) is 23.8 Å². The molecule has 0 radical (unpaired) electrons. The van der Waals surface area contributed by atoms with Crippen molar-refractivity contribution in [1.82, 2.24) is 0 Å². The van der Waals surface area contributed by atoms with Crippen LogP contribution in [0.5, 0.6) is 0 Å². The van der Waals surface area contributed by atoms with E-state index in [2.05, 4.69) is 25.2 Å². The van der Waals surface area contributed by atoms with Gasteiger partial charge in [0.1, 0.15) is 0 Å². The average molecular weight is 170 g/mol. The standard InChI is InChI=1S/C9H14.Ti/c1-2-3-6-9-7-4-5-8-9;/h4-5,7H,2-3,6,8H2,1H3;. The molecule has 1 aliphatic carbocycles. The van der Waals surface area contributed by atoms with Gasteiger partial charge in [0.25, 0.3) is 0 Å². The zero-order valence-electron chi connectivity index (χ0n) is 6.56. The maximum Gasteiger partial charge on any atom is 0 e. The molecule has 0 heterocycles. The molecule has 0 saturated heterocycles. The van der Waals surface area contributed by atoms with E-state index in [4.69, 9.17) is 0 Å². The quantitative estimate of drug-likeness (QED) is 0.571. The molecule has 0 N–H and O–H groups in total. The Bertz CT molecular complexity index is 134. The second-order valence-corrected chi connectivity index (χ2v) is 2.56. The Balaban J connectivity index is 0.000000810. The first-order valence-electron chi connectivity index (χ1n) is 3.78. The van der Waals surface area contributed by atoms with Crippen molar-refractivity contribution in [2.45, 2.75) is 32.6 Å². The van der Waals surface area contributed by atoms with Crippen LogP contribution >= 0.6 is 0 Å². The van der Waals surface area contributed by atoms with E-state index in [0.29, 0.717) is 0 Å². The summed E-state index contributed by atoms with van der Waals surface area (Å²) in [6.45, 7) is 2.24. The Kier molecular flexibility index (Phi) is 6.06. The minimum Gasteiger partial charge on any atom is -0.0805 e. The van der Waals surface area contributed by atoms with Gasteiger partial charge in [0.05, 0.1) is 0 Å². The van der Waals surface area contributed by atoms with Crippen molar-refractivity contribution in [1.29, 1.82) is 0 Å². The summed E-state index contributed by atoms with van der Waals surface area (Å²) >= 11 is 0. The minimum absolute atomic E-state index is 0. The average Bonchev–Trinajstić information content (AvgIpc) is 2.34. The zero-order chi connectivity index (χ0) is 6.53. The van der Waals surface area contributed by atoms with Gasteiger partial charge in [0, 0.05) is 21.7 Å². The Hall–Kier alpha value is 0.194. The number of allylic oxidation sites excluding steroid dienone is 4. The van der Waals surface area contributed by atoms with Gasteiger partial charge in [0.15, 0.2) is 0 Å². The van der Waals surface area contributed by atoms with Crippen molar-refractivity contribution >= 4 is 0 Å². The fourth-order valence-electron chi connectivity index (χ4n) is 1.08. The summed E-state index contributed by atoms with van der Waals surface area (Å²) in [5.74, 6) is 0. The van der Waals surface area contributed by atoms with Gasteiger partial charge in [0.2, 0.25) is 0 Å². The molecule has 0 fully saturated rings. The number of hydrogen-bond donors (Lipinski definition) is 0. The Morgan fingerprint density at radius 3 is 2.80 bits per heavy atom. The Morgan fingerprint density at radius 2 is 2.30 bits per heavy atom. The van der Waals surface area contributed by atoms with E-state index >= 15 is 0 Å². The summed E-state index contributed by atoms with van der Waals surface area (Å²) in [6.07, 6.45) is 11.8. The third kappa shape index (κ3) is 3.38. The number of rotatable bonds is 3. The predicted octanol–water partition coefficient (Wildman–Crippen LogP) is 3.06. The van der Waals surface area contributed by atoms with E-state index in [9.17, 15) is 0 Å². The molecular weight excluding hydrogens is 156 g/mol. The fourth-order valence-corrected chi connectivity index (χ4v) is 1.08. The molecule has 0 saturated carbocycles. The first kappa shape index (κ1) is 10.2. The smallest absolute Gasteiger partial charge is 0 e. The molecule has 1 heteroatoms. The fraction of sp³-hybridized carbons (Fsp3) is 0.556. The van der Waals surface area contributed by atoms with Crippen molar-refractivity contribution < 1.29 is 21.7 Å². The Morgan fingerprint density at radius 1 is 1.50 bits per heavy atom. The monoisotopic (exact) mass is 170 g/mol. The molecule has 0 aliphatic heterocycles. The van der Waals surface area contributed by atoms with Gasteiger partial charge < -0.3 is 0 Å². The summed E-state index contributed by atoms with van der Waals surface area (Å²) in [5, 5.41) is 0. The maximum atomic E-state index is 2.25. The molecular formula is C9H14Ti. The second kappa shape index (κ2) is 5.94. The molecule has 54 valence electrons. The molecule has 0 unspecified atom stereocenters. The predicted molar refractivity (Wildman–Crippen MR) is 41.4 cm³/mol. The molecule has 0 aromatic heterocycles. The molecule has 0 spiro atoms. The molecule has 10 heavy (non-hydrogen) atoms. The molecule has 0 aromatic rings. The van der Waals surface area contributed by atoms with Gasteiger partial charge in [-0.15, -0.1) is 0 Å². The van der Waals surface area contributed by atoms with Gasteiger partial charge in [-0.1, -0.05) is 37.1 Å². The molecule has 1 rings (SSSR count). The molecule has 1 aliphatic rings. The van der Waals surface area contributed by atoms with E-state index < -0.39 is 0 Å². The van der Waals surface area contributed by atoms with Crippen LogP contribution in [-0.4, -0.2) is 0 Å². The summed E-state index contributed by atoms with van der Waals surface area (Å²) < 4.78 is 0. The van der Waals surface area contributed by atoms with Crippen LogP contribution in [0.4, 0.5) is 0 Å². The van der Waals surface area contributed by atoms with Crippen molar-refractivity contribution in [3.8, 4) is 0 Å². The summed E-state index contributed by atoms with van der Waals surface area (Å²) in [4.78, 5) is 0. The Labute approximate surface area is 78.3 Å². The molecule has 0 atom stereocenters. The van der Waals surface area contributed by atoms with Crippen LogP contribution in [0, 0.1) is 0 Å². The number of hydrogen-bond acceptors (Lipinski definition) is 0. The molecule has 0 aromatic carbocycles. The van der Waals surface area contributed by atoms with Gasteiger partial charge in [-0.3, -0.25) is 0 Å². The van der Waals surface area contributed by atoms with Gasteiger partial charge in [-0.05, 0) is 19.3 Å². The number of unbranched alkanes of at least 4 members (excludes halogenated alkanes) is 1. The van der Waals surface area contributed by atoms with Crippen molar-refractivity contribution in [2.75, 3.05) is 0 Å². The van der Waals surface area contributed by atoms with Crippen molar-refractivity contribution in [3.63, 3.8) is 0 Å². The van der Waals surface area contributed by atoms with Crippen LogP contribution in [0.15, 0.2) is 23.8 Å². The maximum absolute atomic E-state index is 2.25. The van der Waals surface area contributed by atoms with E-state index in [1.54, 1.807) is 5.57 Å². The van der Waals surface area contributed by atoms with Gasteiger partial charge in [-0.25, -0.2) is 0 Å². The van der Waals surface area contributed by atoms with E-state index in [1.165, 1.54) is 25.7 Å². The normalized spacial score (nSPS) is 14.7. The van der Waals surface area contributed by atoms with E-state index in [1.807, 2.05) is 0 Å². The summed E-state index contributed by atoms with van der Waals surface area (Å²) in [5.41, 5.74) is 1.61. The summed E-state index contributed by atoms with van der Waals surface area (Å²) in [6, 6.07) is 0. The van der Waals surface area contributed by atoms with Gasteiger partial charge in [-0.2, -0.15) is 0 Å². The molecule has 0 nitrogen and oxygen atoms in total. The van der Waals surface area contributed by atoms with Crippen LogP contribution in [0.2, 0.25) is 0 Å². The van der Waals surface area contributed by atoms with Gasteiger partial charge >= 0.3 is 0 Å². The third-order valence-corrected chi connectivity index (χ3v) is 1.70. The first-order chi connectivity index (χ1) is 4.43. The molecule has 0 amide bonds. The van der Waals surface area contributed by atoms with Crippen LogP contribution in [0.25, 0.3) is 0 Å². The summed E-state index contributed by atoms with van der Waals surface area (Å²) in [7, 11) is 0. The van der Waals surface area contributed by atoms with Crippen LogP contribution < -0.4 is 0 Å². The largest absolute Gasteiger partial charge is 0.0805 e. The zero-order valence-corrected chi connectivity index (χ0v) is 8.12. The minimum atomic E-state index is 0. The van der Waals surface area contributed by atoms with Crippen molar-refractivity contribution in [2.24, 2.45) is 0 Å². The second-order valence-electron chi connectivity index (χ2n) is 2.56. The topological polar surface area (TPSA) is 0 Å². The van der Waals surface area contributed by atoms with E-state index in [0.717, 1.165) is 0 Å². The first-order valence-corrected chi connectivity index (χ1v) is 3.78. The van der Waals surface area contributed by atoms with Crippen LogP contribution in [-0.2, 0) is 21.7 Å². The molecule has 0 bridgehead atoms.